The van der Waals surface area contributed by atoms with Crippen molar-refractivity contribution in [2.75, 3.05) is 10.8 Å². The van der Waals surface area contributed by atoms with Crippen LogP contribution in [0.5, 0.6) is 0 Å². The van der Waals surface area contributed by atoms with Gasteiger partial charge in [-0.25, -0.2) is 12.8 Å². The van der Waals surface area contributed by atoms with Crippen molar-refractivity contribution in [3.05, 3.63) is 94.7 Å². The van der Waals surface area contributed by atoms with E-state index in [2.05, 4.69) is 21.2 Å². The zero-order valence-corrected chi connectivity index (χ0v) is 23.9. The lowest BCUT2D eigenvalue weighted by molar-refractivity contribution is -0.139. The van der Waals surface area contributed by atoms with Crippen molar-refractivity contribution in [3.63, 3.8) is 0 Å². The minimum Gasteiger partial charge on any atom is -0.352 e. The van der Waals surface area contributed by atoms with Gasteiger partial charge in [-0.3, -0.25) is 13.9 Å². The molecule has 0 radical (unpaired) electrons. The van der Waals surface area contributed by atoms with E-state index in [-0.39, 0.29) is 29.1 Å². The van der Waals surface area contributed by atoms with E-state index in [1.165, 1.54) is 35.2 Å². The number of amides is 2. The molecule has 10 heteroatoms. The zero-order valence-electron chi connectivity index (χ0n) is 21.5. The van der Waals surface area contributed by atoms with Crippen LogP contribution in [0.25, 0.3) is 0 Å². The van der Waals surface area contributed by atoms with E-state index >= 15 is 0 Å². The maximum Gasteiger partial charge on any atom is 0.264 e. The number of hydrogen-bond acceptors (Lipinski definition) is 4. The van der Waals surface area contributed by atoms with Crippen LogP contribution < -0.4 is 9.62 Å². The molecule has 0 unspecified atom stereocenters. The van der Waals surface area contributed by atoms with Crippen molar-refractivity contribution in [3.8, 4) is 0 Å². The molecule has 0 saturated heterocycles. The molecule has 2 atom stereocenters. The first-order valence-corrected chi connectivity index (χ1v) is 14.4. The summed E-state index contributed by atoms with van der Waals surface area (Å²) in [6.07, 6.45) is 0.704. The molecule has 3 aromatic rings. The average Bonchev–Trinajstić information content (AvgIpc) is 2.91. The molecule has 0 aromatic heterocycles. The average molecular weight is 605 g/mol. The number of benzene rings is 3. The number of anilines is 1. The van der Waals surface area contributed by atoms with Crippen LogP contribution in [0.15, 0.2) is 88.2 Å². The first-order valence-electron chi connectivity index (χ1n) is 12.2. The second-order valence-corrected chi connectivity index (χ2v) is 11.7. The Morgan fingerprint density at radius 3 is 2.16 bits per heavy atom. The largest absolute Gasteiger partial charge is 0.352 e. The quantitative estimate of drug-likeness (QED) is 0.330. The van der Waals surface area contributed by atoms with Gasteiger partial charge < -0.3 is 10.2 Å². The lowest BCUT2D eigenvalue weighted by Gasteiger charge is -2.32. The van der Waals surface area contributed by atoms with Crippen LogP contribution in [0, 0.1) is 5.82 Å². The molecule has 0 aliphatic heterocycles. The van der Waals surface area contributed by atoms with Gasteiger partial charge in [-0.05, 0) is 62.2 Å². The summed E-state index contributed by atoms with van der Waals surface area (Å²) in [5.74, 6) is -1.81. The highest BCUT2D eigenvalue weighted by Crippen LogP contribution is 2.27. The third-order valence-corrected chi connectivity index (χ3v) is 8.47. The fourth-order valence-electron chi connectivity index (χ4n) is 3.72. The number of carbonyl (C=O) groups is 2. The Morgan fingerprint density at radius 2 is 1.55 bits per heavy atom. The minimum absolute atomic E-state index is 0.0533. The van der Waals surface area contributed by atoms with Crippen molar-refractivity contribution in [2.45, 2.75) is 50.7 Å². The Kier molecular flexibility index (Phi) is 10.0. The molecule has 2 amide bonds. The van der Waals surface area contributed by atoms with Crippen LogP contribution >= 0.6 is 15.9 Å². The molecule has 7 nitrogen and oxygen atoms in total. The summed E-state index contributed by atoms with van der Waals surface area (Å²) in [7, 11) is -4.31. The van der Waals surface area contributed by atoms with Gasteiger partial charge in [-0.15, -0.1) is 0 Å². The summed E-state index contributed by atoms with van der Waals surface area (Å²) < 4.78 is 43.8. The van der Waals surface area contributed by atoms with Gasteiger partial charge in [0.1, 0.15) is 18.4 Å². The highest BCUT2D eigenvalue weighted by atomic mass is 79.9. The molecule has 3 rings (SSSR count). The molecule has 0 aliphatic rings. The Bertz CT molecular complexity index is 1350. The predicted molar refractivity (Wildman–Crippen MR) is 149 cm³/mol. The first kappa shape index (κ1) is 29.3. The Labute approximate surface area is 231 Å². The van der Waals surface area contributed by atoms with Gasteiger partial charge in [0, 0.05) is 17.1 Å². The Morgan fingerprint density at radius 1 is 0.947 bits per heavy atom. The van der Waals surface area contributed by atoms with Gasteiger partial charge in [0.25, 0.3) is 10.0 Å². The van der Waals surface area contributed by atoms with Crippen molar-refractivity contribution in [1.29, 1.82) is 0 Å². The van der Waals surface area contributed by atoms with Crippen molar-refractivity contribution in [2.24, 2.45) is 0 Å². The Balaban J connectivity index is 2.02. The van der Waals surface area contributed by atoms with Crippen molar-refractivity contribution < 1.29 is 22.4 Å². The third-order valence-electron chi connectivity index (χ3n) is 6.17. The number of carbonyl (C=O) groups excluding carboxylic acids is 2. The number of rotatable bonds is 11. The van der Waals surface area contributed by atoms with Crippen molar-refractivity contribution in [1.82, 2.24) is 10.2 Å². The SMILES string of the molecule is CC[C@H](C)NC(=O)[C@@H](C)N(Cc1ccc(Br)cc1)C(=O)CN(c1ccccc1F)S(=O)(=O)c1ccccc1. The lowest BCUT2D eigenvalue weighted by atomic mass is 10.1. The van der Waals surface area contributed by atoms with Gasteiger partial charge in [0.2, 0.25) is 11.8 Å². The normalized spacial score (nSPS) is 12.9. The molecule has 3 aromatic carbocycles. The molecular weight excluding hydrogens is 573 g/mol. The number of hydrogen-bond donors (Lipinski definition) is 1. The number of nitrogens with zero attached hydrogens (tertiary/aromatic N) is 2. The van der Waals surface area contributed by atoms with Crippen LogP contribution in [0.4, 0.5) is 10.1 Å². The second kappa shape index (κ2) is 13.0. The number of nitrogens with one attached hydrogen (secondary N) is 1. The predicted octanol–water partition coefficient (Wildman–Crippen LogP) is 5.12. The monoisotopic (exact) mass is 603 g/mol. The van der Waals surface area contributed by atoms with E-state index in [9.17, 15) is 22.4 Å². The molecule has 0 fully saturated rings. The molecule has 0 aliphatic carbocycles. The van der Waals surface area contributed by atoms with Gasteiger partial charge in [-0.2, -0.15) is 0 Å². The first-order chi connectivity index (χ1) is 18.0. The third kappa shape index (κ3) is 7.20. The summed E-state index contributed by atoms with van der Waals surface area (Å²) in [5, 5.41) is 2.88. The molecule has 0 heterocycles. The van der Waals surface area contributed by atoms with Crippen molar-refractivity contribution >= 4 is 43.5 Å². The number of para-hydroxylation sites is 1. The zero-order chi connectivity index (χ0) is 27.9. The van der Waals surface area contributed by atoms with Gasteiger partial charge in [-0.1, -0.05) is 65.3 Å². The molecular formula is C28H31BrFN3O4S. The molecule has 0 bridgehead atoms. The molecule has 202 valence electrons. The van der Waals surface area contributed by atoms with Crippen LogP contribution in [0.1, 0.15) is 32.8 Å². The van der Waals surface area contributed by atoms with E-state index < -0.39 is 34.3 Å². The maximum absolute atomic E-state index is 14.9. The Hall–Kier alpha value is -3.24. The highest BCUT2D eigenvalue weighted by molar-refractivity contribution is 9.10. The summed E-state index contributed by atoms with van der Waals surface area (Å²) in [6.45, 7) is 4.74. The maximum atomic E-state index is 14.9. The van der Waals surface area contributed by atoms with Gasteiger partial charge in [0.05, 0.1) is 10.6 Å². The minimum atomic E-state index is -4.31. The molecule has 0 saturated carbocycles. The summed E-state index contributed by atoms with van der Waals surface area (Å²) in [6, 6.07) is 19.1. The molecule has 0 spiro atoms. The van der Waals surface area contributed by atoms with Crippen LogP contribution in [0.2, 0.25) is 0 Å². The summed E-state index contributed by atoms with van der Waals surface area (Å²) in [4.78, 5) is 28.1. The van der Waals surface area contributed by atoms with Gasteiger partial charge in [0.15, 0.2) is 0 Å². The van der Waals surface area contributed by atoms with E-state index in [1.54, 1.807) is 37.3 Å². The molecule has 1 N–H and O–H groups in total. The lowest BCUT2D eigenvalue weighted by Crippen LogP contribution is -2.52. The van der Waals surface area contributed by atoms with E-state index in [0.29, 0.717) is 6.42 Å². The topological polar surface area (TPSA) is 86.8 Å². The number of halogens is 2. The standard InChI is InChI=1S/C28H31BrFN3O4S/c1-4-20(2)31-28(35)21(3)32(18-22-14-16-23(29)17-15-22)27(34)19-33(26-13-9-8-12-25(26)30)38(36,37)24-10-6-5-7-11-24/h5-17,20-21H,4,18-19H2,1-3H3,(H,31,35)/t20-,21+/m0/s1. The van der Waals surface area contributed by atoms with Gasteiger partial charge >= 0.3 is 0 Å². The van der Waals surface area contributed by atoms with Crippen LogP contribution in [-0.4, -0.2) is 43.8 Å². The fourth-order valence-corrected chi connectivity index (χ4v) is 5.43. The number of sulfonamides is 1. The molecule has 38 heavy (non-hydrogen) atoms. The van der Waals surface area contributed by atoms with E-state index in [1.807, 2.05) is 26.0 Å². The van der Waals surface area contributed by atoms with Crippen LogP contribution in [-0.2, 0) is 26.2 Å². The second-order valence-electron chi connectivity index (χ2n) is 8.92. The summed E-state index contributed by atoms with van der Waals surface area (Å²) >= 11 is 3.38. The van der Waals surface area contributed by atoms with Crippen LogP contribution in [0.3, 0.4) is 0 Å². The fraction of sp³-hybridized carbons (Fsp3) is 0.286. The van der Waals surface area contributed by atoms with E-state index in [4.69, 9.17) is 0 Å². The smallest absolute Gasteiger partial charge is 0.264 e. The highest BCUT2D eigenvalue weighted by Gasteiger charge is 2.33. The van der Waals surface area contributed by atoms with E-state index in [0.717, 1.165) is 20.4 Å². The summed E-state index contributed by atoms with van der Waals surface area (Å²) in [5.41, 5.74) is 0.484.